The van der Waals surface area contributed by atoms with Gasteiger partial charge in [0.25, 0.3) is 0 Å². The van der Waals surface area contributed by atoms with E-state index in [1.165, 1.54) is 11.4 Å². The van der Waals surface area contributed by atoms with E-state index in [-0.39, 0.29) is 11.4 Å². The second kappa shape index (κ2) is 24.8. The van der Waals surface area contributed by atoms with Gasteiger partial charge < -0.3 is 19.3 Å². The Bertz CT molecular complexity index is 2320. The van der Waals surface area contributed by atoms with E-state index in [4.69, 9.17) is 32.7 Å². The van der Waals surface area contributed by atoms with Crippen molar-refractivity contribution in [2.45, 2.75) is 65.7 Å². The van der Waals surface area contributed by atoms with Gasteiger partial charge in [-0.15, -0.1) is 0 Å². The summed E-state index contributed by atoms with van der Waals surface area (Å²) < 4.78 is 18.2. The number of ether oxygens (including phenoxy) is 2. The first-order valence-electron chi connectivity index (χ1n) is 23.4. The molecule has 4 heterocycles. The molecule has 6 aromatic rings. The second-order valence-electron chi connectivity index (χ2n) is 16.5. The maximum atomic E-state index is 12.9. The van der Waals surface area contributed by atoms with Crippen LogP contribution >= 0.6 is 23.2 Å². The van der Waals surface area contributed by atoms with Crippen LogP contribution in [0.2, 0.25) is 10.0 Å². The van der Waals surface area contributed by atoms with Gasteiger partial charge in [0.2, 0.25) is 0 Å². The highest BCUT2D eigenvalue weighted by atomic mass is 35.5. The summed E-state index contributed by atoms with van der Waals surface area (Å²) in [6.45, 7) is 17.1. The van der Waals surface area contributed by atoms with Gasteiger partial charge in [0.1, 0.15) is 36.4 Å². The van der Waals surface area contributed by atoms with E-state index in [0.717, 1.165) is 124 Å². The van der Waals surface area contributed by atoms with Crippen LogP contribution in [0, 0.1) is 0 Å². The first kappa shape index (κ1) is 48.4. The summed E-state index contributed by atoms with van der Waals surface area (Å²) in [7, 11) is 0. The molecule has 8 rings (SSSR count). The van der Waals surface area contributed by atoms with Crippen LogP contribution in [0.4, 0.5) is 11.4 Å². The molecule has 4 aromatic carbocycles. The number of nitrogens with zero attached hydrogens (tertiary/aromatic N) is 10. The summed E-state index contributed by atoms with van der Waals surface area (Å²) in [5.74, 6) is 3.25. The maximum Gasteiger partial charge on any atom is 0.346 e. The summed E-state index contributed by atoms with van der Waals surface area (Å²) in [5, 5.41) is 10.7. The molecule has 0 unspecified atom stereocenters. The van der Waals surface area contributed by atoms with E-state index in [1.807, 2.05) is 111 Å². The van der Waals surface area contributed by atoms with E-state index >= 15 is 0 Å². The third kappa shape index (κ3) is 13.8. The molecule has 16 heteroatoms. The molecule has 2 aromatic heterocycles. The van der Waals surface area contributed by atoms with Crippen molar-refractivity contribution < 1.29 is 9.47 Å². The van der Waals surface area contributed by atoms with Crippen LogP contribution in [-0.2, 0) is 39.0 Å². The first-order chi connectivity index (χ1) is 32.3. The van der Waals surface area contributed by atoms with Crippen molar-refractivity contribution >= 4 is 34.6 Å². The van der Waals surface area contributed by atoms with E-state index in [1.54, 1.807) is 18.5 Å². The van der Waals surface area contributed by atoms with Crippen LogP contribution in [0.1, 0.15) is 38.3 Å². The molecule has 0 aliphatic carbocycles. The summed E-state index contributed by atoms with van der Waals surface area (Å²) in [5.41, 5.74) is 2.27. The summed E-state index contributed by atoms with van der Waals surface area (Å²) >= 11 is 12.3. The lowest BCUT2D eigenvalue weighted by Gasteiger charge is -2.36. The van der Waals surface area contributed by atoms with Gasteiger partial charge in [0, 0.05) is 113 Å². The number of aromatic nitrogens is 6. The number of hydrogen-bond acceptors (Lipinski definition) is 10. The van der Waals surface area contributed by atoms with Crippen LogP contribution < -0.4 is 30.7 Å². The van der Waals surface area contributed by atoms with Gasteiger partial charge in [-0.25, -0.2) is 19.0 Å². The Balaban J connectivity index is 0.000000196. The lowest BCUT2D eigenvalue weighted by atomic mass is 10.2. The molecule has 2 aliphatic heterocycles. The molecule has 0 amide bonds. The fourth-order valence-corrected chi connectivity index (χ4v) is 8.84. The molecule has 66 heavy (non-hydrogen) atoms. The number of aryl methyl sites for hydroxylation is 4. The van der Waals surface area contributed by atoms with Crippen molar-refractivity contribution in [3.05, 3.63) is 152 Å². The molecule has 0 bridgehead atoms. The number of piperazine rings is 2. The largest absolute Gasteiger partial charge is 0.492 e. The fourth-order valence-electron chi connectivity index (χ4n) is 8.47. The van der Waals surface area contributed by atoms with Crippen molar-refractivity contribution in [3.8, 4) is 11.5 Å². The minimum absolute atomic E-state index is 0.0470. The predicted octanol–water partition coefficient (Wildman–Crippen LogP) is 7.10. The van der Waals surface area contributed by atoms with Crippen molar-refractivity contribution in [2.75, 3.05) is 88.5 Å². The van der Waals surface area contributed by atoms with Crippen LogP contribution in [0.15, 0.2) is 119 Å². The monoisotopic (exact) mass is 938 g/mol. The average molecular weight is 940 g/mol. The Hall–Kier alpha value is -5.54. The number of rotatable bonds is 20. The normalized spacial score (nSPS) is 14.5. The molecule has 0 spiro atoms. The van der Waals surface area contributed by atoms with Crippen molar-refractivity contribution in [1.29, 1.82) is 0 Å². The number of hydrogen-bond donors (Lipinski definition) is 0. The molecule has 2 saturated heterocycles. The zero-order chi connectivity index (χ0) is 46.1. The zero-order valence-electron chi connectivity index (χ0n) is 38.4. The second-order valence-corrected chi connectivity index (χ2v) is 17.4. The highest BCUT2D eigenvalue weighted by Gasteiger charge is 2.20. The van der Waals surface area contributed by atoms with Crippen molar-refractivity contribution in [1.82, 2.24) is 38.5 Å². The molecular weight excluding hydrogens is 876 g/mol. The Morgan fingerprint density at radius 2 is 0.879 bits per heavy atom. The Morgan fingerprint density at radius 1 is 0.485 bits per heavy atom. The molecule has 0 radical (unpaired) electrons. The smallest absolute Gasteiger partial charge is 0.346 e. The van der Waals surface area contributed by atoms with Crippen LogP contribution in [0.25, 0.3) is 0 Å². The Labute approximate surface area is 398 Å². The Morgan fingerprint density at radius 3 is 1.24 bits per heavy atom. The van der Waals surface area contributed by atoms with Gasteiger partial charge in [0.15, 0.2) is 0 Å². The lowest BCUT2D eigenvalue weighted by Crippen LogP contribution is -2.46. The zero-order valence-corrected chi connectivity index (χ0v) is 39.9. The standard InChI is InChI=1S/2C25H32ClN5O2/c2*1-2-24-27-31(25(32)30(24)18-19-33-23-10-4-3-5-11-23)13-7-12-28-14-16-29(17-15-28)22-9-6-8-21(26)20-22/h2*3-6,8-11,20H,2,7,12-19H2,1H3. The fraction of sp³-hybridized carbons (Fsp3) is 0.440. The molecule has 2 aliphatic rings. The van der Waals surface area contributed by atoms with Crippen molar-refractivity contribution in [3.63, 3.8) is 0 Å². The lowest BCUT2D eigenvalue weighted by molar-refractivity contribution is 0.248. The van der Waals surface area contributed by atoms with Gasteiger partial charge in [-0.05, 0) is 73.5 Å². The number of para-hydroxylation sites is 2. The Kier molecular flexibility index (Phi) is 18.2. The highest BCUT2D eigenvalue weighted by molar-refractivity contribution is 6.31. The predicted molar refractivity (Wildman–Crippen MR) is 265 cm³/mol. The third-order valence-corrected chi connectivity index (χ3v) is 12.5. The van der Waals surface area contributed by atoms with Gasteiger partial charge in [0.05, 0.1) is 13.1 Å². The molecule has 0 atom stereocenters. The van der Waals surface area contributed by atoms with Gasteiger partial charge in [-0.1, -0.05) is 85.6 Å². The maximum absolute atomic E-state index is 12.9. The van der Waals surface area contributed by atoms with E-state index in [0.29, 0.717) is 39.4 Å². The summed E-state index contributed by atoms with van der Waals surface area (Å²) in [6.07, 6.45) is 3.24. The first-order valence-corrected chi connectivity index (χ1v) is 24.2. The summed E-state index contributed by atoms with van der Waals surface area (Å²) in [4.78, 5) is 35.4. The minimum Gasteiger partial charge on any atom is -0.492 e. The van der Waals surface area contributed by atoms with Crippen LogP contribution in [0.3, 0.4) is 0 Å². The van der Waals surface area contributed by atoms with E-state index in [2.05, 4.69) is 41.9 Å². The van der Waals surface area contributed by atoms with E-state index in [9.17, 15) is 9.59 Å². The molecular formula is C50H64Cl2N10O4. The molecule has 14 nitrogen and oxygen atoms in total. The quantitative estimate of drug-likeness (QED) is 0.0787. The minimum atomic E-state index is -0.0470. The number of halogens is 2. The van der Waals surface area contributed by atoms with Crippen LogP contribution in [-0.4, -0.2) is 117 Å². The molecule has 2 fully saturated rings. The van der Waals surface area contributed by atoms with Crippen molar-refractivity contribution in [2.24, 2.45) is 0 Å². The number of benzene rings is 4. The molecule has 0 saturated carbocycles. The van der Waals surface area contributed by atoms with Crippen LogP contribution in [0.5, 0.6) is 11.5 Å². The van der Waals surface area contributed by atoms with Gasteiger partial charge in [-0.3, -0.25) is 18.9 Å². The highest BCUT2D eigenvalue weighted by Crippen LogP contribution is 2.22. The third-order valence-electron chi connectivity index (χ3n) is 12.1. The molecule has 352 valence electrons. The number of anilines is 2. The van der Waals surface area contributed by atoms with Gasteiger partial charge >= 0.3 is 11.4 Å². The van der Waals surface area contributed by atoms with E-state index < -0.39 is 0 Å². The summed E-state index contributed by atoms with van der Waals surface area (Å²) in [6, 6.07) is 35.4. The molecule has 0 N–H and O–H groups in total. The topological polar surface area (TPSA) is 111 Å². The average Bonchev–Trinajstić information content (AvgIpc) is 3.82. The SMILES string of the molecule is CCc1nn(CCCN2CCN(c3cccc(Cl)c3)CC2)c(=O)n1CCOc1ccccc1.CCc1nn(CCCN2CCN(c3cccc(Cl)c3)CC2)c(=O)n1CCOc1ccccc1. The van der Waals surface area contributed by atoms with Gasteiger partial charge in [-0.2, -0.15) is 10.2 Å².